The van der Waals surface area contributed by atoms with Gasteiger partial charge in [0, 0.05) is 0 Å². The quantitative estimate of drug-likeness (QED) is 0.272. The summed E-state index contributed by atoms with van der Waals surface area (Å²) in [6, 6.07) is 7.93. The Labute approximate surface area is 150 Å². The van der Waals surface area contributed by atoms with Crippen LogP contribution in [0.5, 0.6) is 0 Å². The van der Waals surface area contributed by atoms with Gasteiger partial charge in [0.25, 0.3) is 0 Å². The molecule has 0 radical (unpaired) electrons. The third kappa shape index (κ3) is 3.34. The summed E-state index contributed by atoms with van der Waals surface area (Å²) in [4.78, 5) is 24.0. The van der Waals surface area contributed by atoms with Crippen molar-refractivity contribution < 1.29 is 14.3 Å². The molecule has 114 valence electrons. The number of esters is 2. The Hall–Kier alpha value is -0.970. The number of ether oxygens (including phenoxy) is 1. The van der Waals surface area contributed by atoms with Crippen molar-refractivity contribution in [1.82, 2.24) is 0 Å². The van der Waals surface area contributed by atoms with E-state index in [4.69, 9.17) is 62.7 Å². The van der Waals surface area contributed by atoms with E-state index in [2.05, 4.69) is 0 Å². The average Bonchev–Trinajstić information content (AvgIpc) is 2.52. The molecule has 0 amide bonds. The first kappa shape index (κ1) is 17.4. The third-order valence-corrected chi connectivity index (χ3v) is 4.89. The van der Waals surface area contributed by atoms with Crippen molar-refractivity contribution in [3.63, 3.8) is 0 Å². The molecule has 0 aliphatic rings. The molecule has 0 unspecified atom stereocenters. The first-order chi connectivity index (χ1) is 10.3. The number of halogens is 5. The van der Waals surface area contributed by atoms with Crippen LogP contribution in [0.3, 0.4) is 0 Å². The van der Waals surface area contributed by atoms with Crippen LogP contribution < -0.4 is 0 Å². The minimum Gasteiger partial charge on any atom is -0.386 e. The van der Waals surface area contributed by atoms with Crippen LogP contribution in [-0.4, -0.2) is 11.9 Å². The van der Waals surface area contributed by atoms with Gasteiger partial charge in [0.2, 0.25) is 0 Å². The molecule has 0 aromatic heterocycles. The molecule has 2 rings (SSSR count). The number of carbonyl (C=O) groups excluding carboxylic acids is 2. The largest absolute Gasteiger partial charge is 0.386 e. The van der Waals surface area contributed by atoms with Crippen LogP contribution in [0, 0.1) is 0 Å². The normalized spacial score (nSPS) is 10.4. The van der Waals surface area contributed by atoms with E-state index < -0.39 is 11.9 Å². The molecule has 0 saturated heterocycles. The van der Waals surface area contributed by atoms with E-state index in [1.807, 2.05) is 0 Å². The van der Waals surface area contributed by atoms with Crippen molar-refractivity contribution >= 4 is 69.9 Å². The molecule has 0 heterocycles. The average molecular weight is 398 g/mol. The van der Waals surface area contributed by atoms with E-state index in [1.165, 1.54) is 12.1 Å². The molecule has 0 aliphatic heterocycles. The third-order valence-electron chi connectivity index (χ3n) is 2.61. The van der Waals surface area contributed by atoms with E-state index in [0.717, 1.165) is 0 Å². The summed E-state index contributed by atoms with van der Waals surface area (Å²) in [5, 5.41) is -0.892. The second-order valence-corrected chi connectivity index (χ2v) is 5.88. The molecule has 0 aliphatic carbocycles. The monoisotopic (exact) mass is 396 g/mol. The predicted octanol–water partition coefficient (Wildman–Crippen LogP) is 5.95. The van der Waals surface area contributed by atoms with Gasteiger partial charge in [0.15, 0.2) is 0 Å². The van der Waals surface area contributed by atoms with Crippen LogP contribution in [0.15, 0.2) is 30.3 Å². The fourth-order valence-corrected chi connectivity index (χ4v) is 2.85. The van der Waals surface area contributed by atoms with Gasteiger partial charge >= 0.3 is 11.9 Å². The summed E-state index contributed by atoms with van der Waals surface area (Å²) >= 11 is 29.4. The topological polar surface area (TPSA) is 43.4 Å². The van der Waals surface area contributed by atoms with E-state index >= 15 is 0 Å². The lowest BCUT2D eigenvalue weighted by Gasteiger charge is -2.11. The number of carbonyl (C=O) groups is 2. The van der Waals surface area contributed by atoms with Crippen molar-refractivity contribution in [3.8, 4) is 0 Å². The summed E-state index contributed by atoms with van der Waals surface area (Å²) in [5.41, 5.74) is -0.138. The summed E-state index contributed by atoms with van der Waals surface area (Å²) < 4.78 is 4.73. The lowest BCUT2D eigenvalue weighted by molar-refractivity contribution is 0.0398. The van der Waals surface area contributed by atoms with Crippen LogP contribution in [0.4, 0.5) is 0 Å². The van der Waals surface area contributed by atoms with Crippen LogP contribution in [0.1, 0.15) is 20.7 Å². The maximum atomic E-state index is 12.1. The smallest absolute Gasteiger partial charge is 0.349 e. The number of benzene rings is 2. The molecule has 0 N–H and O–H groups in total. The zero-order valence-electron chi connectivity index (χ0n) is 10.5. The highest BCUT2D eigenvalue weighted by molar-refractivity contribution is 6.56. The van der Waals surface area contributed by atoms with Crippen molar-refractivity contribution in [2.45, 2.75) is 0 Å². The van der Waals surface area contributed by atoms with Gasteiger partial charge in [-0.25, -0.2) is 9.59 Å². The molecule has 2 aromatic carbocycles. The van der Waals surface area contributed by atoms with Gasteiger partial charge in [-0.2, -0.15) is 0 Å². The summed E-state index contributed by atoms with van der Waals surface area (Å²) in [5.74, 6) is -1.94. The van der Waals surface area contributed by atoms with Gasteiger partial charge in [-0.3, -0.25) is 0 Å². The van der Waals surface area contributed by atoms with Crippen LogP contribution in [0.2, 0.25) is 25.1 Å². The molecule has 0 spiro atoms. The highest BCUT2D eigenvalue weighted by Gasteiger charge is 2.26. The molecular weight excluding hydrogens is 393 g/mol. The number of hydrogen-bond acceptors (Lipinski definition) is 3. The van der Waals surface area contributed by atoms with Gasteiger partial charge in [0.05, 0.1) is 30.7 Å². The van der Waals surface area contributed by atoms with E-state index in [9.17, 15) is 9.59 Å². The molecule has 0 fully saturated rings. The summed E-state index contributed by atoms with van der Waals surface area (Å²) in [7, 11) is 0. The van der Waals surface area contributed by atoms with Gasteiger partial charge in [-0.15, -0.1) is 0 Å². The minimum atomic E-state index is -1.08. The maximum absolute atomic E-state index is 12.1. The van der Waals surface area contributed by atoms with Crippen molar-refractivity contribution in [3.05, 3.63) is 66.6 Å². The first-order valence-electron chi connectivity index (χ1n) is 5.67. The van der Waals surface area contributed by atoms with Crippen LogP contribution in [-0.2, 0) is 4.74 Å². The lowest BCUT2D eigenvalue weighted by atomic mass is 10.2. The molecule has 3 nitrogen and oxygen atoms in total. The Bertz CT molecular complexity index is 730. The second kappa shape index (κ2) is 7.07. The summed E-state index contributed by atoms with van der Waals surface area (Å²) in [6.07, 6.45) is 0. The molecule has 0 saturated carbocycles. The van der Waals surface area contributed by atoms with Gasteiger partial charge < -0.3 is 4.74 Å². The Morgan fingerprint density at radius 1 is 0.682 bits per heavy atom. The van der Waals surface area contributed by atoms with Crippen molar-refractivity contribution in [2.24, 2.45) is 0 Å². The van der Waals surface area contributed by atoms with E-state index in [1.54, 1.807) is 18.2 Å². The van der Waals surface area contributed by atoms with Crippen molar-refractivity contribution in [2.75, 3.05) is 0 Å². The minimum absolute atomic E-state index is 0.0933. The zero-order valence-corrected chi connectivity index (χ0v) is 14.3. The molecule has 0 bridgehead atoms. The molecule has 2 aromatic rings. The standard InChI is InChI=1S/C14H5Cl5O3/c15-8-7(9(16)11(18)12(19)10(8)17)14(21)22-13(20)6-4-2-1-3-5-6/h1-5H. The van der Waals surface area contributed by atoms with Crippen molar-refractivity contribution in [1.29, 1.82) is 0 Å². The Morgan fingerprint density at radius 3 is 1.64 bits per heavy atom. The predicted molar refractivity (Wildman–Crippen MR) is 87.7 cm³/mol. The molecule has 0 atom stereocenters. The highest BCUT2D eigenvalue weighted by atomic mass is 35.5. The van der Waals surface area contributed by atoms with E-state index in [0.29, 0.717) is 0 Å². The lowest BCUT2D eigenvalue weighted by Crippen LogP contribution is -2.14. The highest BCUT2D eigenvalue weighted by Crippen LogP contribution is 2.44. The number of hydrogen-bond donors (Lipinski definition) is 0. The molecule has 8 heteroatoms. The first-order valence-corrected chi connectivity index (χ1v) is 7.56. The Morgan fingerprint density at radius 2 is 1.14 bits per heavy atom. The molecule has 22 heavy (non-hydrogen) atoms. The van der Waals surface area contributed by atoms with Gasteiger partial charge in [-0.05, 0) is 12.1 Å². The van der Waals surface area contributed by atoms with Gasteiger partial charge in [-0.1, -0.05) is 76.2 Å². The number of rotatable bonds is 2. The van der Waals surface area contributed by atoms with E-state index in [-0.39, 0.29) is 36.2 Å². The summed E-state index contributed by atoms with van der Waals surface area (Å²) in [6.45, 7) is 0. The maximum Gasteiger partial charge on any atom is 0.349 e. The SMILES string of the molecule is O=C(OC(=O)c1c(Cl)c(Cl)c(Cl)c(Cl)c1Cl)c1ccccc1. The van der Waals surface area contributed by atoms with Gasteiger partial charge in [0.1, 0.15) is 5.56 Å². The molecular formula is C14H5Cl5O3. The fraction of sp³-hybridized carbons (Fsp3) is 0. The fourth-order valence-electron chi connectivity index (χ4n) is 1.55. The van der Waals surface area contributed by atoms with Crippen LogP contribution in [0.25, 0.3) is 0 Å². The zero-order chi connectivity index (χ0) is 16.4. The Kier molecular flexibility index (Phi) is 5.59. The second-order valence-electron chi connectivity index (χ2n) is 3.99. The Balaban J connectivity index is 2.37. The van der Waals surface area contributed by atoms with Crippen LogP contribution >= 0.6 is 58.0 Å².